The Morgan fingerprint density at radius 2 is 2.20 bits per heavy atom. The van der Waals surface area contributed by atoms with Gasteiger partial charge in [0.05, 0.1) is 17.4 Å². The number of hydrazine groups is 1. The number of aliphatic hydroxyl groups is 1. The van der Waals surface area contributed by atoms with Gasteiger partial charge in [0.2, 0.25) is 0 Å². The van der Waals surface area contributed by atoms with Gasteiger partial charge in [-0.3, -0.25) is 10.6 Å². The quantitative estimate of drug-likeness (QED) is 0.556. The summed E-state index contributed by atoms with van der Waals surface area (Å²) < 4.78 is 13.6. The van der Waals surface area contributed by atoms with Crippen molar-refractivity contribution in [2.75, 3.05) is 18.5 Å². The molecular formula is C14H18FN3O2. The fourth-order valence-electron chi connectivity index (χ4n) is 3.42. The van der Waals surface area contributed by atoms with Crippen LogP contribution in [0.4, 0.5) is 10.1 Å². The van der Waals surface area contributed by atoms with Crippen molar-refractivity contribution in [2.45, 2.75) is 18.9 Å². The number of aliphatic hydroxyl groups excluding tert-OH is 1. The number of amides is 1. The van der Waals surface area contributed by atoms with E-state index in [4.69, 9.17) is 5.84 Å². The average molecular weight is 279 g/mol. The molecule has 3 unspecified atom stereocenters. The number of fused-ring (bicyclic) bond motifs is 1. The Bertz CT molecular complexity index is 537. The van der Waals surface area contributed by atoms with Crippen molar-refractivity contribution in [3.63, 3.8) is 0 Å². The zero-order chi connectivity index (χ0) is 14.3. The molecule has 0 spiro atoms. The van der Waals surface area contributed by atoms with Gasteiger partial charge in [-0.1, -0.05) is 6.07 Å². The number of hydrogen-bond donors (Lipinski definition) is 3. The SMILES string of the molecule is NNc1c(F)cccc1C(=O)N1CC2CCC(O)C2C1. The Morgan fingerprint density at radius 1 is 1.40 bits per heavy atom. The number of nitrogen functional groups attached to an aromatic ring is 1. The molecule has 0 bridgehead atoms. The number of nitrogens with zero attached hydrogens (tertiary/aromatic N) is 1. The van der Waals surface area contributed by atoms with Crippen LogP contribution in [0.15, 0.2) is 18.2 Å². The number of nitrogens with one attached hydrogen (secondary N) is 1. The smallest absolute Gasteiger partial charge is 0.256 e. The summed E-state index contributed by atoms with van der Waals surface area (Å²) >= 11 is 0. The van der Waals surface area contributed by atoms with Crippen molar-refractivity contribution in [3.05, 3.63) is 29.6 Å². The molecule has 1 saturated carbocycles. The van der Waals surface area contributed by atoms with Crippen molar-refractivity contribution in [1.82, 2.24) is 4.90 Å². The maximum atomic E-state index is 13.6. The Morgan fingerprint density at radius 3 is 2.90 bits per heavy atom. The topological polar surface area (TPSA) is 78.6 Å². The first-order valence-electron chi connectivity index (χ1n) is 6.84. The molecule has 1 aliphatic carbocycles. The van der Waals surface area contributed by atoms with E-state index in [0.717, 1.165) is 12.8 Å². The Hall–Kier alpha value is -1.66. The van der Waals surface area contributed by atoms with Gasteiger partial charge in [-0.05, 0) is 30.9 Å². The van der Waals surface area contributed by atoms with Gasteiger partial charge >= 0.3 is 0 Å². The molecule has 1 aromatic rings. The van der Waals surface area contributed by atoms with Crippen LogP contribution in [0.1, 0.15) is 23.2 Å². The summed E-state index contributed by atoms with van der Waals surface area (Å²) in [7, 11) is 0. The van der Waals surface area contributed by atoms with Gasteiger partial charge in [-0.15, -0.1) is 0 Å². The Labute approximate surface area is 116 Å². The summed E-state index contributed by atoms with van der Waals surface area (Å²) in [6.07, 6.45) is 1.44. The molecule has 108 valence electrons. The summed E-state index contributed by atoms with van der Waals surface area (Å²) in [5.41, 5.74) is 2.52. The highest BCUT2D eigenvalue weighted by Gasteiger charge is 2.43. The summed E-state index contributed by atoms with van der Waals surface area (Å²) in [4.78, 5) is 14.2. The molecule has 0 radical (unpaired) electrons. The van der Waals surface area contributed by atoms with Crippen molar-refractivity contribution >= 4 is 11.6 Å². The molecule has 1 heterocycles. The number of para-hydroxylation sites is 1. The van der Waals surface area contributed by atoms with Crippen molar-refractivity contribution < 1.29 is 14.3 Å². The Balaban J connectivity index is 1.82. The van der Waals surface area contributed by atoms with E-state index in [1.807, 2.05) is 0 Å². The standard InChI is InChI=1S/C14H18FN3O2/c15-11-3-1-2-9(13(11)17-16)14(20)18-6-8-4-5-12(19)10(8)7-18/h1-3,8,10,12,17,19H,4-7,16H2. The van der Waals surface area contributed by atoms with E-state index in [2.05, 4.69) is 5.43 Å². The van der Waals surface area contributed by atoms with E-state index >= 15 is 0 Å². The fourth-order valence-corrected chi connectivity index (χ4v) is 3.42. The second-order valence-corrected chi connectivity index (χ2v) is 5.59. The van der Waals surface area contributed by atoms with E-state index in [-0.39, 0.29) is 29.2 Å². The molecule has 3 rings (SSSR count). The van der Waals surface area contributed by atoms with Crippen LogP contribution in [0.3, 0.4) is 0 Å². The molecule has 20 heavy (non-hydrogen) atoms. The molecule has 2 aliphatic rings. The monoisotopic (exact) mass is 279 g/mol. The summed E-state index contributed by atoms with van der Waals surface area (Å²) in [5, 5.41) is 9.88. The predicted octanol–water partition coefficient (Wildman–Crippen LogP) is 0.954. The third-order valence-corrected chi connectivity index (χ3v) is 4.49. The summed E-state index contributed by atoms with van der Waals surface area (Å²) in [6, 6.07) is 4.31. The van der Waals surface area contributed by atoms with Crippen LogP contribution in [0, 0.1) is 17.7 Å². The van der Waals surface area contributed by atoms with Crippen molar-refractivity contribution in [1.29, 1.82) is 0 Å². The highest BCUT2D eigenvalue weighted by Crippen LogP contribution is 2.38. The second kappa shape index (κ2) is 5.03. The van der Waals surface area contributed by atoms with Crippen LogP contribution >= 0.6 is 0 Å². The molecule has 1 aliphatic heterocycles. The lowest BCUT2D eigenvalue weighted by Gasteiger charge is -2.20. The van der Waals surface area contributed by atoms with Gasteiger partial charge in [0.25, 0.3) is 5.91 Å². The number of anilines is 1. The van der Waals surface area contributed by atoms with Crippen LogP contribution in [0.25, 0.3) is 0 Å². The zero-order valence-electron chi connectivity index (χ0n) is 11.1. The lowest BCUT2D eigenvalue weighted by molar-refractivity contribution is 0.0753. The highest BCUT2D eigenvalue weighted by atomic mass is 19.1. The van der Waals surface area contributed by atoms with Crippen molar-refractivity contribution in [3.8, 4) is 0 Å². The van der Waals surface area contributed by atoms with Gasteiger partial charge < -0.3 is 15.4 Å². The number of hydrogen-bond acceptors (Lipinski definition) is 4. The third-order valence-electron chi connectivity index (χ3n) is 4.49. The van der Waals surface area contributed by atoms with Gasteiger partial charge in [-0.25, -0.2) is 4.39 Å². The molecule has 5 nitrogen and oxygen atoms in total. The minimum atomic E-state index is -0.544. The molecular weight excluding hydrogens is 261 g/mol. The molecule has 1 saturated heterocycles. The first-order valence-corrected chi connectivity index (χ1v) is 6.84. The Kier molecular flexibility index (Phi) is 3.35. The van der Waals surface area contributed by atoms with E-state index in [1.165, 1.54) is 12.1 Å². The van der Waals surface area contributed by atoms with E-state index in [0.29, 0.717) is 19.0 Å². The number of rotatable bonds is 2. The third kappa shape index (κ3) is 2.05. The number of halogens is 1. The number of benzene rings is 1. The van der Waals surface area contributed by atoms with E-state index < -0.39 is 5.82 Å². The fraction of sp³-hybridized carbons (Fsp3) is 0.500. The minimum Gasteiger partial charge on any atom is -0.393 e. The van der Waals surface area contributed by atoms with Crippen LogP contribution in [-0.4, -0.2) is 35.1 Å². The highest BCUT2D eigenvalue weighted by molar-refractivity contribution is 5.99. The summed E-state index contributed by atoms with van der Waals surface area (Å²) in [6.45, 7) is 1.16. The summed E-state index contributed by atoms with van der Waals surface area (Å²) in [5.74, 6) is 5.03. The van der Waals surface area contributed by atoms with Gasteiger partial charge in [-0.2, -0.15) is 0 Å². The predicted molar refractivity (Wildman–Crippen MR) is 72.3 cm³/mol. The lowest BCUT2D eigenvalue weighted by atomic mass is 10.00. The average Bonchev–Trinajstić information content (AvgIpc) is 3.00. The first-order chi connectivity index (χ1) is 9.61. The maximum absolute atomic E-state index is 13.6. The molecule has 3 atom stereocenters. The van der Waals surface area contributed by atoms with Gasteiger partial charge in [0.1, 0.15) is 5.82 Å². The number of likely N-dealkylation sites (tertiary alicyclic amines) is 1. The van der Waals surface area contributed by atoms with Crippen LogP contribution < -0.4 is 11.3 Å². The lowest BCUT2D eigenvalue weighted by Crippen LogP contribution is -2.32. The molecule has 4 N–H and O–H groups in total. The van der Waals surface area contributed by atoms with Crippen molar-refractivity contribution in [2.24, 2.45) is 17.7 Å². The normalized spacial score (nSPS) is 28.6. The van der Waals surface area contributed by atoms with Gasteiger partial charge in [0.15, 0.2) is 0 Å². The van der Waals surface area contributed by atoms with E-state index in [1.54, 1.807) is 11.0 Å². The number of carbonyl (C=O) groups is 1. The van der Waals surface area contributed by atoms with Crippen LogP contribution in [0.5, 0.6) is 0 Å². The number of carbonyl (C=O) groups excluding carboxylic acids is 1. The molecule has 1 aromatic carbocycles. The first kappa shape index (κ1) is 13.3. The molecule has 2 fully saturated rings. The van der Waals surface area contributed by atoms with Crippen LogP contribution in [0.2, 0.25) is 0 Å². The van der Waals surface area contributed by atoms with E-state index in [9.17, 15) is 14.3 Å². The van der Waals surface area contributed by atoms with Gasteiger partial charge in [0, 0.05) is 19.0 Å². The largest absolute Gasteiger partial charge is 0.393 e. The molecule has 0 aromatic heterocycles. The maximum Gasteiger partial charge on any atom is 0.256 e. The number of nitrogens with two attached hydrogens (primary N) is 1. The molecule has 6 heteroatoms. The molecule has 1 amide bonds. The zero-order valence-corrected chi connectivity index (χ0v) is 11.1. The van der Waals surface area contributed by atoms with Crippen LogP contribution in [-0.2, 0) is 0 Å². The minimum absolute atomic E-state index is 0.0232. The second-order valence-electron chi connectivity index (χ2n) is 5.59.